The molecule has 0 N–H and O–H groups in total. The average Bonchev–Trinajstić information content (AvgIpc) is 3.26. The van der Waals surface area contributed by atoms with Gasteiger partial charge in [-0.1, -0.05) is 18.2 Å². The van der Waals surface area contributed by atoms with Crippen molar-refractivity contribution in [1.82, 2.24) is 19.6 Å². The van der Waals surface area contributed by atoms with Crippen LogP contribution in [0.2, 0.25) is 0 Å². The van der Waals surface area contributed by atoms with Crippen LogP contribution in [0.4, 0.5) is 0 Å². The molecule has 1 aliphatic rings. The Labute approximate surface area is 139 Å². The Kier molecular flexibility index (Phi) is 2.82. The van der Waals surface area contributed by atoms with Gasteiger partial charge in [0.15, 0.2) is 0 Å². The zero-order valence-corrected chi connectivity index (χ0v) is 12.9. The summed E-state index contributed by atoms with van der Waals surface area (Å²) in [5, 5.41) is 4.46. The first-order chi connectivity index (χ1) is 11.9. The Balaban J connectivity index is 1.67. The fourth-order valence-electron chi connectivity index (χ4n) is 3.32. The highest BCUT2D eigenvalue weighted by molar-refractivity contribution is 5.88. The Hall–Kier alpha value is -3.27. The van der Waals surface area contributed by atoms with Crippen molar-refractivity contribution in [3.8, 4) is 11.1 Å². The Morgan fingerprint density at radius 1 is 0.917 bits per heavy atom. The third-order valence-corrected chi connectivity index (χ3v) is 4.49. The van der Waals surface area contributed by atoms with Crippen molar-refractivity contribution < 1.29 is 0 Å². The van der Waals surface area contributed by atoms with Crippen molar-refractivity contribution in [3.63, 3.8) is 0 Å². The second kappa shape index (κ2) is 5.13. The highest BCUT2D eigenvalue weighted by Crippen LogP contribution is 2.33. The number of allylic oxidation sites excluding steroid dienone is 1. The lowest BCUT2D eigenvalue weighted by atomic mass is 10.0. The van der Waals surface area contributed by atoms with Crippen molar-refractivity contribution in [1.29, 1.82) is 0 Å². The highest BCUT2D eigenvalue weighted by Gasteiger charge is 2.17. The molecule has 0 fully saturated rings. The predicted octanol–water partition coefficient (Wildman–Crippen LogP) is 3.78. The normalized spacial score (nSPS) is 13.1. The molecular formula is C20H14N4. The molecule has 4 aromatic rings. The molecule has 4 heteroatoms. The molecule has 4 heterocycles. The lowest BCUT2D eigenvalue weighted by Gasteiger charge is -2.07. The van der Waals surface area contributed by atoms with Crippen LogP contribution >= 0.6 is 0 Å². The van der Waals surface area contributed by atoms with E-state index in [2.05, 4.69) is 45.4 Å². The lowest BCUT2D eigenvalue weighted by Crippen LogP contribution is -1.92. The van der Waals surface area contributed by atoms with Crippen molar-refractivity contribution in [2.75, 3.05) is 0 Å². The fourth-order valence-corrected chi connectivity index (χ4v) is 3.32. The summed E-state index contributed by atoms with van der Waals surface area (Å²) in [4.78, 5) is 8.69. The Morgan fingerprint density at radius 2 is 1.88 bits per heavy atom. The molecule has 4 aromatic heterocycles. The van der Waals surface area contributed by atoms with Crippen molar-refractivity contribution >= 4 is 11.1 Å². The minimum absolute atomic E-state index is 0.894. The summed E-state index contributed by atoms with van der Waals surface area (Å²) in [6.07, 6.45) is 12.6. The summed E-state index contributed by atoms with van der Waals surface area (Å²) in [6, 6.07) is 12.5. The molecule has 0 aromatic carbocycles. The number of pyridine rings is 3. The SMILES string of the molecule is C1=C(c2ccn3ncc(-c4cccnc4)c3c2)c2cccnc2C1. The van der Waals surface area contributed by atoms with Gasteiger partial charge in [0.05, 0.1) is 17.4 Å². The van der Waals surface area contributed by atoms with Gasteiger partial charge in [0.1, 0.15) is 0 Å². The molecule has 0 amide bonds. The van der Waals surface area contributed by atoms with E-state index < -0.39 is 0 Å². The van der Waals surface area contributed by atoms with Crippen LogP contribution in [-0.4, -0.2) is 19.6 Å². The van der Waals surface area contributed by atoms with Crippen LogP contribution in [0.1, 0.15) is 16.8 Å². The molecule has 0 atom stereocenters. The van der Waals surface area contributed by atoms with Crippen LogP contribution in [0.3, 0.4) is 0 Å². The van der Waals surface area contributed by atoms with Crippen molar-refractivity contribution in [3.05, 3.63) is 90.3 Å². The second-order valence-corrected chi connectivity index (χ2v) is 5.86. The van der Waals surface area contributed by atoms with Crippen LogP contribution in [0.5, 0.6) is 0 Å². The van der Waals surface area contributed by atoms with E-state index in [0.29, 0.717) is 0 Å². The first-order valence-electron chi connectivity index (χ1n) is 7.93. The molecule has 24 heavy (non-hydrogen) atoms. The maximum atomic E-state index is 4.47. The van der Waals surface area contributed by atoms with Gasteiger partial charge >= 0.3 is 0 Å². The van der Waals surface area contributed by atoms with E-state index in [-0.39, 0.29) is 0 Å². The summed E-state index contributed by atoms with van der Waals surface area (Å²) in [5.74, 6) is 0. The molecule has 114 valence electrons. The van der Waals surface area contributed by atoms with Gasteiger partial charge in [-0.15, -0.1) is 0 Å². The van der Waals surface area contributed by atoms with E-state index in [1.54, 1.807) is 6.20 Å². The molecule has 0 unspecified atom stereocenters. The molecule has 0 radical (unpaired) electrons. The zero-order chi connectivity index (χ0) is 15.9. The monoisotopic (exact) mass is 310 g/mol. The van der Waals surface area contributed by atoms with Crippen molar-refractivity contribution in [2.24, 2.45) is 0 Å². The summed E-state index contributed by atoms with van der Waals surface area (Å²) in [6.45, 7) is 0. The minimum atomic E-state index is 0.894. The first kappa shape index (κ1) is 13.2. The molecule has 0 saturated heterocycles. The quantitative estimate of drug-likeness (QED) is 0.566. The molecule has 5 rings (SSSR count). The van der Waals surface area contributed by atoms with E-state index in [4.69, 9.17) is 0 Å². The van der Waals surface area contributed by atoms with Gasteiger partial charge in [0, 0.05) is 47.9 Å². The summed E-state index contributed by atoms with van der Waals surface area (Å²) in [5.41, 5.74) is 8.07. The summed E-state index contributed by atoms with van der Waals surface area (Å²) >= 11 is 0. The molecule has 0 saturated carbocycles. The molecule has 0 aliphatic heterocycles. The van der Waals surface area contributed by atoms with Crippen LogP contribution in [0.15, 0.2) is 73.5 Å². The minimum Gasteiger partial charge on any atom is -0.264 e. The Morgan fingerprint density at radius 3 is 2.79 bits per heavy atom. The number of hydrogen-bond donors (Lipinski definition) is 0. The van der Waals surface area contributed by atoms with Gasteiger partial charge in [-0.2, -0.15) is 5.10 Å². The first-order valence-corrected chi connectivity index (χ1v) is 7.93. The van der Waals surface area contributed by atoms with E-state index in [0.717, 1.165) is 28.8 Å². The van der Waals surface area contributed by atoms with Gasteiger partial charge in [-0.05, 0) is 35.4 Å². The van der Waals surface area contributed by atoms with Gasteiger partial charge in [0.2, 0.25) is 0 Å². The Bertz CT molecular complexity index is 1080. The molecular weight excluding hydrogens is 296 g/mol. The van der Waals surface area contributed by atoms with Crippen LogP contribution in [0.25, 0.3) is 22.2 Å². The van der Waals surface area contributed by atoms with E-state index in [9.17, 15) is 0 Å². The number of aromatic nitrogens is 4. The number of rotatable bonds is 2. The van der Waals surface area contributed by atoms with Gasteiger partial charge in [-0.3, -0.25) is 9.97 Å². The number of nitrogens with zero attached hydrogens (tertiary/aromatic N) is 4. The third-order valence-electron chi connectivity index (χ3n) is 4.49. The fraction of sp³-hybridized carbons (Fsp3) is 0.0500. The summed E-state index contributed by atoms with van der Waals surface area (Å²) in [7, 11) is 0. The predicted molar refractivity (Wildman–Crippen MR) is 93.4 cm³/mol. The third kappa shape index (κ3) is 1.97. The van der Waals surface area contributed by atoms with Gasteiger partial charge in [0.25, 0.3) is 0 Å². The lowest BCUT2D eigenvalue weighted by molar-refractivity contribution is 0.960. The molecule has 4 nitrogen and oxygen atoms in total. The van der Waals surface area contributed by atoms with Gasteiger partial charge in [-0.25, -0.2) is 4.52 Å². The average molecular weight is 310 g/mol. The molecule has 1 aliphatic carbocycles. The molecule has 0 spiro atoms. The van der Waals surface area contributed by atoms with Crippen LogP contribution in [0, 0.1) is 0 Å². The van der Waals surface area contributed by atoms with Crippen LogP contribution < -0.4 is 0 Å². The van der Waals surface area contributed by atoms with E-state index in [1.165, 1.54) is 16.7 Å². The van der Waals surface area contributed by atoms with Gasteiger partial charge < -0.3 is 0 Å². The zero-order valence-electron chi connectivity index (χ0n) is 12.9. The standard InChI is InChI=1S/C20H14N4/c1-3-15(12-21-8-1)18-13-23-24-10-7-14(11-20(18)24)16-5-6-19-17(16)4-2-9-22-19/h1-5,7-13H,6H2. The summed E-state index contributed by atoms with van der Waals surface area (Å²) < 4.78 is 1.91. The van der Waals surface area contributed by atoms with E-state index >= 15 is 0 Å². The highest BCUT2D eigenvalue weighted by atomic mass is 15.2. The van der Waals surface area contributed by atoms with Crippen LogP contribution in [-0.2, 0) is 6.42 Å². The maximum absolute atomic E-state index is 4.47. The van der Waals surface area contributed by atoms with Crippen molar-refractivity contribution in [2.45, 2.75) is 6.42 Å². The number of hydrogen-bond acceptors (Lipinski definition) is 3. The maximum Gasteiger partial charge on any atom is 0.0746 e. The topological polar surface area (TPSA) is 43.1 Å². The van der Waals surface area contributed by atoms with E-state index in [1.807, 2.05) is 41.4 Å². The number of fused-ring (bicyclic) bond motifs is 2. The largest absolute Gasteiger partial charge is 0.264 e. The smallest absolute Gasteiger partial charge is 0.0746 e. The molecule has 0 bridgehead atoms. The second-order valence-electron chi connectivity index (χ2n) is 5.86.